The Labute approximate surface area is 153 Å². The summed E-state index contributed by atoms with van der Waals surface area (Å²) in [5.41, 5.74) is 0. The van der Waals surface area contributed by atoms with Gasteiger partial charge in [-0.1, -0.05) is 51.1 Å². The Hall–Kier alpha value is -0.430. The minimum Gasteiger partial charge on any atom is -0.352 e. The molecule has 3 rings (SSSR count). The van der Waals surface area contributed by atoms with Gasteiger partial charge < -0.3 is 5.32 Å². The zero-order chi connectivity index (χ0) is 16.6. The number of alkyl halides is 2. The number of carbonyl (C=O) groups is 3. The number of likely N-dealkylation sites (tertiary alicyclic amines) is 1. The molecule has 3 amide bonds. The molecule has 0 aromatic rings. The van der Waals surface area contributed by atoms with Gasteiger partial charge in [0.2, 0.25) is 17.7 Å². The fourth-order valence-corrected chi connectivity index (χ4v) is 5.22. The van der Waals surface area contributed by atoms with Crippen LogP contribution in [0.1, 0.15) is 44.9 Å². The highest BCUT2D eigenvalue weighted by molar-refractivity contribution is 9.12. The zero-order valence-corrected chi connectivity index (χ0v) is 16.1. The van der Waals surface area contributed by atoms with Crippen LogP contribution in [0.25, 0.3) is 0 Å². The largest absolute Gasteiger partial charge is 0.352 e. The predicted octanol–water partition coefficient (Wildman–Crippen LogP) is 2.36. The molecule has 0 bridgehead atoms. The molecule has 4 atom stereocenters. The summed E-state index contributed by atoms with van der Waals surface area (Å²) in [6, 6.07) is 0.199. The Bertz CT molecular complexity index is 480. The summed E-state index contributed by atoms with van der Waals surface area (Å²) < 4.78 is 0. The van der Waals surface area contributed by atoms with Crippen LogP contribution >= 0.6 is 31.9 Å². The van der Waals surface area contributed by atoms with E-state index in [1.54, 1.807) is 0 Å². The highest BCUT2D eigenvalue weighted by Crippen LogP contribution is 2.43. The molecule has 128 valence electrons. The second kappa shape index (κ2) is 7.21. The van der Waals surface area contributed by atoms with Gasteiger partial charge in [0.05, 0.1) is 11.8 Å². The number of nitrogens with zero attached hydrogens (tertiary/aromatic N) is 1. The van der Waals surface area contributed by atoms with E-state index >= 15 is 0 Å². The maximum Gasteiger partial charge on any atom is 0.240 e. The number of carbonyl (C=O) groups excluding carboxylic acids is 3. The highest BCUT2D eigenvalue weighted by atomic mass is 79.9. The Morgan fingerprint density at radius 1 is 1.00 bits per heavy atom. The van der Waals surface area contributed by atoms with Crippen molar-refractivity contribution in [3.63, 3.8) is 0 Å². The third-order valence-electron chi connectivity index (χ3n) is 5.27. The smallest absolute Gasteiger partial charge is 0.240 e. The molecule has 1 saturated heterocycles. The number of fused-ring (bicyclic) bond motifs is 1. The molecular weight excluding hydrogens is 428 g/mol. The number of amides is 3. The maximum atomic E-state index is 12.5. The topological polar surface area (TPSA) is 66.5 Å². The lowest BCUT2D eigenvalue weighted by Gasteiger charge is -2.29. The minimum atomic E-state index is -0.275. The molecule has 3 aliphatic rings. The first-order chi connectivity index (χ1) is 11.0. The van der Waals surface area contributed by atoms with Crippen LogP contribution in [0, 0.1) is 11.8 Å². The summed E-state index contributed by atoms with van der Waals surface area (Å²) in [4.78, 5) is 38.8. The van der Waals surface area contributed by atoms with Crippen molar-refractivity contribution in [3.8, 4) is 0 Å². The summed E-state index contributed by atoms with van der Waals surface area (Å²) in [7, 11) is 0. The van der Waals surface area contributed by atoms with Gasteiger partial charge in [-0.15, -0.1) is 0 Å². The number of imide groups is 1. The van der Waals surface area contributed by atoms with Gasteiger partial charge in [-0.3, -0.25) is 19.3 Å². The van der Waals surface area contributed by atoms with Crippen LogP contribution in [0.3, 0.4) is 0 Å². The number of rotatable bonds is 3. The van der Waals surface area contributed by atoms with Crippen molar-refractivity contribution >= 4 is 49.6 Å². The van der Waals surface area contributed by atoms with Crippen molar-refractivity contribution in [3.05, 3.63) is 0 Å². The average Bonchev–Trinajstić information content (AvgIpc) is 2.74. The van der Waals surface area contributed by atoms with E-state index < -0.39 is 0 Å². The van der Waals surface area contributed by atoms with Crippen molar-refractivity contribution < 1.29 is 14.4 Å². The molecule has 3 fully saturated rings. The van der Waals surface area contributed by atoms with Crippen molar-refractivity contribution in [2.75, 3.05) is 6.54 Å². The highest BCUT2D eigenvalue weighted by Gasteiger charge is 2.52. The standard InChI is InChI=1S/C16H22Br2N2O3/c17-12-6-10-11(7-13(12)18)16(23)20(15(10)22)8-14(21)19-9-4-2-1-3-5-9/h9-13H,1-8H2,(H,19,21)/t10-,11+,12+,13-. The van der Waals surface area contributed by atoms with Crippen LogP contribution in [0.5, 0.6) is 0 Å². The second-order valence-corrected chi connectivity index (χ2v) is 9.23. The first kappa shape index (κ1) is 17.4. The van der Waals surface area contributed by atoms with Crippen molar-refractivity contribution in [2.24, 2.45) is 11.8 Å². The molecule has 7 heteroatoms. The van der Waals surface area contributed by atoms with Crippen LogP contribution < -0.4 is 5.32 Å². The minimum absolute atomic E-state index is 0.124. The van der Waals surface area contributed by atoms with E-state index in [1.165, 1.54) is 11.3 Å². The third-order valence-corrected chi connectivity index (χ3v) is 8.01. The quantitative estimate of drug-likeness (QED) is 0.531. The van der Waals surface area contributed by atoms with Gasteiger partial charge in [-0.05, 0) is 25.7 Å². The summed E-state index contributed by atoms with van der Waals surface area (Å²) in [6.07, 6.45) is 6.77. The monoisotopic (exact) mass is 448 g/mol. The van der Waals surface area contributed by atoms with Crippen LogP contribution in [0.2, 0.25) is 0 Å². The normalized spacial score (nSPS) is 35.3. The lowest BCUT2D eigenvalue weighted by molar-refractivity contribution is -0.143. The molecule has 1 heterocycles. The molecule has 5 nitrogen and oxygen atoms in total. The Morgan fingerprint density at radius 2 is 1.52 bits per heavy atom. The molecule has 0 aromatic heterocycles. The second-order valence-electron chi connectivity index (χ2n) is 6.88. The van der Waals surface area contributed by atoms with Gasteiger partial charge in [-0.25, -0.2) is 0 Å². The number of halogens is 2. The van der Waals surface area contributed by atoms with Gasteiger partial charge in [0.25, 0.3) is 0 Å². The van der Waals surface area contributed by atoms with Crippen molar-refractivity contribution in [1.82, 2.24) is 10.2 Å². The zero-order valence-electron chi connectivity index (χ0n) is 13.0. The van der Waals surface area contributed by atoms with Gasteiger partial charge in [0.15, 0.2) is 0 Å². The van der Waals surface area contributed by atoms with Crippen LogP contribution in [0.4, 0.5) is 0 Å². The van der Waals surface area contributed by atoms with E-state index in [2.05, 4.69) is 37.2 Å². The molecule has 1 aliphatic heterocycles. The number of nitrogens with one attached hydrogen (secondary N) is 1. The maximum absolute atomic E-state index is 12.5. The molecular formula is C16H22Br2N2O3. The first-order valence-corrected chi connectivity index (χ1v) is 10.2. The van der Waals surface area contributed by atoms with E-state index in [0.717, 1.165) is 25.7 Å². The predicted molar refractivity (Wildman–Crippen MR) is 93.4 cm³/mol. The number of hydrogen-bond donors (Lipinski definition) is 1. The van der Waals surface area contributed by atoms with Crippen LogP contribution in [-0.4, -0.2) is 44.9 Å². The number of hydrogen-bond acceptors (Lipinski definition) is 3. The van der Waals surface area contributed by atoms with Gasteiger partial charge >= 0.3 is 0 Å². The fraction of sp³-hybridized carbons (Fsp3) is 0.812. The molecule has 0 unspecified atom stereocenters. The van der Waals surface area contributed by atoms with Crippen molar-refractivity contribution in [2.45, 2.75) is 60.6 Å². The molecule has 0 spiro atoms. The SMILES string of the molecule is O=C(CN1C(=O)[C@H]2C[C@@H](Br)[C@@H](Br)C[C@H]2C1=O)NC1CCCCC1. The lowest BCUT2D eigenvalue weighted by Crippen LogP contribution is -2.45. The molecule has 2 saturated carbocycles. The van der Waals surface area contributed by atoms with Gasteiger partial charge in [-0.2, -0.15) is 0 Å². The van der Waals surface area contributed by atoms with Gasteiger partial charge in [0, 0.05) is 15.7 Å². The summed E-state index contributed by atoms with van der Waals surface area (Å²) in [5.74, 6) is -1.11. The van der Waals surface area contributed by atoms with Crippen LogP contribution in [-0.2, 0) is 14.4 Å². The molecule has 2 aliphatic carbocycles. The van der Waals surface area contributed by atoms with Crippen LogP contribution in [0.15, 0.2) is 0 Å². The molecule has 23 heavy (non-hydrogen) atoms. The van der Waals surface area contributed by atoms with E-state index in [9.17, 15) is 14.4 Å². The lowest BCUT2D eigenvalue weighted by atomic mass is 9.81. The average molecular weight is 450 g/mol. The van der Waals surface area contributed by atoms with E-state index in [0.29, 0.717) is 12.8 Å². The molecule has 0 aromatic carbocycles. The van der Waals surface area contributed by atoms with Crippen molar-refractivity contribution in [1.29, 1.82) is 0 Å². The first-order valence-electron chi connectivity index (χ1n) is 8.40. The molecule has 1 N–H and O–H groups in total. The van der Waals surface area contributed by atoms with E-state index in [-0.39, 0.29) is 51.8 Å². The fourth-order valence-electron chi connectivity index (χ4n) is 3.98. The Balaban J connectivity index is 1.60. The van der Waals surface area contributed by atoms with E-state index in [1.807, 2.05) is 0 Å². The summed E-state index contributed by atoms with van der Waals surface area (Å²) in [6.45, 7) is -0.124. The summed E-state index contributed by atoms with van der Waals surface area (Å²) >= 11 is 7.13. The molecule has 0 radical (unpaired) electrons. The third kappa shape index (κ3) is 3.65. The van der Waals surface area contributed by atoms with Gasteiger partial charge in [0.1, 0.15) is 6.54 Å². The van der Waals surface area contributed by atoms with E-state index in [4.69, 9.17) is 0 Å². The summed E-state index contributed by atoms with van der Waals surface area (Å²) in [5, 5.41) is 2.98. The Kier molecular flexibility index (Phi) is 5.46. The Morgan fingerprint density at radius 3 is 2.04 bits per heavy atom.